The standard InChI is InChI=1S/C19H19N3O3S/c1-25-19(24)12-6-7-13-14(10-12)20-17(21-18(13)23)11-22-8-2-4-15(22)16-5-3-9-26-16/h3,5-7,9-10,15H,2,4,8,11H2,1H3,(H,20,21,23)/t15-/m0/s1. The van der Waals surface area contributed by atoms with Crippen LogP contribution in [-0.4, -0.2) is 34.5 Å². The average Bonchev–Trinajstić information content (AvgIpc) is 3.32. The Morgan fingerprint density at radius 1 is 1.42 bits per heavy atom. The Labute approximate surface area is 154 Å². The van der Waals surface area contributed by atoms with E-state index in [9.17, 15) is 9.59 Å². The molecule has 0 saturated carbocycles. The van der Waals surface area contributed by atoms with E-state index < -0.39 is 5.97 Å². The summed E-state index contributed by atoms with van der Waals surface area (Å²) in [6.07, 6.45) is 2.25. The summed E-state index contributed by atoms with van der Waals surface area (Å²) in [6, 6.07) is 9.41. The Hall–Kier alpha value is -2.51. The fourth-order valence-corrected chi connectivity index (χ4v) is 4.41. The molecule has 3 heterocycles. The molecule has 1 fully saturated rings. The summed E-state index contributed by atoms with van der Waals surface area (Å²) < 4.78 is 4.75. The highest BCUT2D eigenvalue weighted by atomic mass is 32.1. The Kier molecular flexibility index (Phi) is 4.57. The monoisotopic (exact) mass is 369 g/mol. The molecule has 3 aromatic rings. The van der Waals surface area contributed by atoms with Crippen LogP contribution < -0.4 is 5.56 Å². The van der Waals surface area contributed by atoms with E-state index in [0.717, 1.165) is 19.4 Å². The van der Waals surface area contributed by atoms with Crippen LogP contribution in [0, 0.1) is 0 Å². The second kappa shape index (κ2) is 7.01. The van der Waals surface area contributed by atoms with Crippen molar-refractivity contribution in [1.82, 2.24) is 14.9 Å². The van der Waals surface area contributed by atoms with Gasteiger partial charge in [-0.25, -0.2) is 9.78 Å². The molecule has 1 atom stereocenters. The fourth-order valence-electron chi connectivity index (χ4n) is 3.52. The molecule has 2 aromatic heterocycles. The summed E-state index contributed by atoms with van der Waals surface area (Å²) >= 11 is 1.76. The molecule has 0 amide bonds. The molecule has 0 aliphatic carbocycles. The van der Waals surface area contributed by atoms with Crippen molar-refractivity contribution >= 4 is 28.2 Å². The van der Waals surface area contributed by atoms with E-state index in [4.69, 9.17) is 4.74 Å². The maximum Gasteiger partial charge on any atom is 0.337 e. The van der Waals surface area contributed by atoms with E-state index in [2.05, 4.69) is 32.4 Å². The number of fused-ring (bicyclic) bond motifs is 1. The molecule has 0 spiro atoms. The van der Waals surface area contributed by atoms with Crippen LogP contribution in [0.2, 0.25) is 0 Å². The molecular weight excluding hydrogens is 350 g/mol. The topological polar surface area (TPSA) is 75.3 Å². The first-order valence-corrected chi connectivity index (χ1v) is 9.42. The van der Waals surface area contributed by atoms with Crippen molar-refractivity contribution in [2.75, 3.05) is 13.7 Å². The van der Waals surface area contributed by atoms with E-state index in [1.54, 1.807) is 29.5 Å². The number of ether oxygens (including phenoxy) is 1. The normalized spacial score (nSPS) is 17.7. The molecule has 26 heavy (non-hydrogen) atoms. The van der Waals surface area contributed by atoms with E-state index in [0.29, 0.717) is 34.9 Å². The number of carbonyl (C=O) groups is 1. The summed E-state index contributed by atoms with van der Waals surface area (Å²) in [5.41, 5.74) is 0.716. The van der Waals surface area contributed by atoms with Gasteiger partial charge < -0.3 is 9.72 Å². The number of carbonyl (C=O) groups excluding carboxylic acids is 1. The Bertz CT molecular complexity index is 997. The van der Waals surface area contributed by atoms with E-state index in [1.807, 2.05) is 0 Å². The summed E-state index contributed by atoms with van der Waals surface area (Å²) in [5, 5.41) is 2.56. The average molecular weight is 369 g/mol. The Balaban J connectivity index is 1.66. The molecule has 0 radical (unpaired) electrons. The third kappa shape index (κ3) is 3.15. The van der Waals surface area contributed by atoms with Crippen molar-refractivity contribution in [2.24, 2.45) is 0 Å². The number of rotatable bonds is 4. The second-order valence-corrected chi connectivity index (χ2v) is 7.36. The minimum Gasteiger partial charge on any atom is -0.465 e. The van der Waals surface area contributed by atoms with Gasteiger partial charge in [-0.1, -0.05) is 6.07 Å². The predicted octanol–water partition coefficient (Wildman–Crippen LogP) is 3.11. The van der Waals surface area contributed by atoms with Gasteiger partial charge in [0.25, 0.3) is 5.56 Å². The van der Waals surface area contributed by atoms with Crippen molar-refractivity contribution in [3.63, 3.8) is 0 Å². The van der Waals surface area contributed by atoms with Gasteiger partial charge in [-0.05, 0) is 49.0 Å². The largest absolute Gasteiger partial charge is 0.465 e. The minimum atomic E-state index is -0.437. The number of nitrogens with zero attached hydrogens (tertiary/aromatic N) is 2. The first-order valence-electron chi connectivity index (χ1n) is 8.54. The summed E-state index contributed by atoms with van der Waals surface area (Å²) in [5.74, 6) is 0.181. The van der Waals surface area contributed by atoms with Crippen LogP contribution in [-0.2, 0) is 11.3 Å². The maximum atomic E-state index is 12.4. The zero-order valence-electron chi connectivity index (χ0n) is 14.4. The second-order valence-electron chi connectivity index (χ2n) is 6.38. The van der Waals surface area contributed by atoms with Crippen LogP contribution >= 0.6 is 11.3 Å². The Morgan fingerprint density at radius 2 is 2.31 bits per heavy atom. The maximum absolute atomic E-state index is 12.4. The van der Waals surface area contributed by atoms with E-state index >= 15 is 0 Å². The lowest BCUT2D eigenvalue weighted by atomic mass is 10.1. The van der Waals surface area contributed by atoms with E-state index in [1.165, 1.54) is 12.0 Å². The Morgan fingerprint density at radius 3 is 3.08 bits per heavy atom. The van der Waals surface area contributed by atoms with E-state index in [-0.39, 0.29) is 5.56 Å². The molecular formula is C19H19N3O3S. The van der Waals surface area contributed by atoms with Gasteiger partial charge in [0.2, 0.25) is 0 Å². The van der Waals surface area contributed by atoms with Crippen LogP contribution in [0.4, 0.5) is 0 Å². The first kappa shape index (κ1) is 16.9. The summed E-state index contributed by atoms with van der Waals surface area (Å²) in [4.78, 5) is 35.3. The molecule has 0 bridgehead atoms. The highest BCUT2D eigenvalue weighted by Gasteiger charge is 2.27. The molecule has 1 N–H and O–H groups in total. The molecule has 1 aromatic carbocycles. The zero-order chi connectivity index (χ0) is 18.1. The molecule has 134 valence electrons. The quantitative estimate of drug-likeness (QED) is 0.715. The predicted molar refractivity (Wildman–Crippen MR) is 100 cm³/mol. The molecule has 7 heteroatoms. The number of aromatic nitrogens is 2. The number of esters is 1. The molecule has 4 rings (SSSR count). The van der Waals surface area contributed by atoms with Gasteiger partial charge in [0, 0.05) is 10.9 Å². The van der Waals surface area contributed by atoms with Crippen molar-refractivity contribution in [3.8, 4) is 0 Å². The number of hydrogen-bond donors (Lipinski definition) is 1. The molecule has 1 aliphatic heterocycles. The minimum absolute atomic E-state index is 0.187. The van der Waals surface area contributed by atoms with Crippen molar-refractivity contribution in [2.45, 2.75) is 25.4 Å². The van der Waals surface area contributed by atoms with Crippen LogP contribution in [0.1, 0.15) is 39.9 Å². The zero-order valence-corrected chi connectivity index (χ0v) is 15.2. The molecule has 0 unspecified atom stereocenters. The van der Waals surface area contributed by atoms with Crippen LogP contribution in [0.15, 0.2) is 40.5 Å². The lowest BCUT2D eigenvalue weighted by molar-refractivity contribution is 0.0601. The lowest BCUT2D eigenvalue weighted by Gasteiger charge is -2.23. The van der Waals surface area contributed by atoms with Gasteiger partial charge in [0.05, 0.1) is 30.1 Å². The van der Waals surface area contributed by atoms with Crippen molar-refractivity contribution in [3.05, 3.63) is 62.3 Å². The lowest BCUT2D eigenvalue weighted by Crippen LogP contribution is -2.25. The SMILES string of the molecule is COC(=O)c1ccc2c(=O)[nH]c(CN3CCC[C@H]3c3cccs3)nc2c1. The number of hydrogen-bond acceptors (Lipinski definition) is 6. The van der Waals surface area contributed by atoms with Gasteiger partial charge in [-0.3, -0.25) is 9.69 Å². The van der Waals surface area contributed by atoms with Crippen molar-refractivity contribution in [1.29, 1.82) is 0 Å². The highest BCUT2D eigenvalue weighted by Crippen LogP contribution is 2.35. The molecule has 6 nitrogen and oxygen atoms in total. The van der Waals surface area contributed by atoms with Gasteiger partial charge in [-0.2, -0.15) is 0 Å². The molecule has 1 aliphatic rings. The number of thiophene rings is 1. The summed E-state index contributed by atoms with van der Waals surface area (Å²) in [7, 11) is 1.33. The number of aromatic amines is 1. The van der Waals surface area contributed by atoms with Gasteiger partial charge in [-0.15, -0.1) is 11.3 Å². The van der Waals surface area contributed by atoms with Crippen LogP contribution in [0.5, 0.6) is 0 Å². The highest BCUT2D eigenvalue weighted by molar-refractivity contribution is 7.10. The fraction of sp³-hybridized carbons (Fsp3) is 0.316. The first-order chi connectivity index (χ1) is 12.7. The summed E-state index contributed by atoms with van der Waals surface area (Å²) in [6.45, 7) is 1.56. The third-order valence-corrected chi connectivity index (χ3v) is 5.74. The smallest absolute Gasteiger partial charge is 0.337 e. The number of methoxy groups -OCH3 is 1. The third-order valence-electron chi connectivity index (χ3n) is 4.76. The molecule has 1 saturated heterocycles. The number of likely N-dealkylation sites (tertiary alicyclic amines) is 1. The van der Waals surface area contributed by atoms with Crippen LogP contribution in [0.25, 0.3) is 10.9 Å². The van der Waals surface area contributed by atoms with Gasteiger partial charge in [0.15, 0.2) is 0 Å². The van der Waals surface area contributed by atoms with Gasteiger partial charge in [0.1, 0.15) is 5.82 Å². The number of benzene rings is 1. The van der Waals surface area contributed by atoms with Crippen LogP contribution in [0.3, 0.4) is 0 Å². The number of H-pyrrole nitrogens is 1. The van der Waals surface area contributed by atoms with Crippen molar-refractivity contribution < 1.29 is 9.53 Å². The van der Waals surface area contributed by atoms with Gasteiger partial charge >= 0.3 is 5.97 Å². The number of nitrogens with one attached hydrogen (secondary N) is 1.